The fraction of sp³-hybridized carbons (Fsp3) is 0.0870. The van der Waals surface area contributed by atoms with Crippen LogP contribution >= 0.6 is 66.2 Å². The van der Waals surface area contributed by atoms with E-state index in [1.165, 1.54) is 5.57 Å². The first kappa shape index (κ1) is 23.4. The van der Waals surface area contributed by atoms with Crippen LogP contribution in [0.3, 0.4) is 0 Å². The summed E-state index contributed by atoms with van der Waals surface area (Å²) < 4.78 is 8.38. The Labute approximate surface area is 210 Å². The fourth-order valence-electron chi connectivity index (χ4n) is 2.71. The smallest absolute Gasteiger partial charge is 0.341 e. The summed E-state index contributed by atoms with van der Waals surface area (Å²) in [6.07, 6.45) is 2.24. The zero-order valence-electron chi connectivity index (χ0n) is 15.6. The van der Waals surface area contributed by atoms with Crippen molar-refractivity contribution in [2.45, 2.75) is 4.90 Å². The Morgan fingerprint density at radius 3 is 2.03 bits per heavy atom. The van der Waals surface area contributed by atoms with Crippen molar-refractivity contribution in [3.63, 3.8) is 0 Å². The van der Waals surface area contributed by atoms with Crippen LogP contribution in [0, 0.1) is 3.57 Å². The lowest BCUT2D eigenvalue weighted by Crippen LogP contribution is -2.09. The summed E-state index contributed by atoms with van der Waals surface area (Å²) in [6.45, 7) is -0.338. The molecule has 3 nitrogen and oxygen atoms in total. The van der Waals surface area contributed by atoms with Crippen LogP contribution in [0.4, 0.5) is 0 Å². The molecule has 0 aliphatic carbocycles. The van der Waals surface area contributed by atoms with Gasteiger partial charge in [0.05, 0.1) is 0 Å². The normalized spacial score (nSPS) is 10.5. The van der Waals surface area contributed by atoms with Crippen molar-refractivity contribution in [1.82, 2.24) is 0 Å². The molecule has 0 aliphatic heterocycles. The summed E-state index contributed by atoms with van der Waals surface area (Å²) in [4.78, 5) is 11.8. The molecule has 3 aromatic carbocycles. The monoisotopic (exact) mass is 658 g/mol. The predicted molar refractivity (Wildman–Crippen MR) is 138 cm³/mol. The number of halogens is 3. The molecular formula is C23H17Br2IO3S. The zero-order chi connectivity index (χ0) is 21.5. The predicted octanol–water partition coefficient (Wildman–Crippen LogP) is 7.50. The summed E-state index contributed by atoms with van der Waals surface area (Å²) in [5, 5.41) is 8.74. The molecular weight excluding hydrogens is 643 g/mol. The van der Waals surface area contributed by atoms with Gasteiger partial charge in [0.25, 0.3) is 0 Å². The maximum atomic E-state index is 10.7. The molecule has 154 valence electrons. The van der Waals surface area contributed by atoms with Crippen LogP contribution in [0.5, 0.6) is 5.75 Å². The molecule has 30 heavy (non-hydrogen) atoms. The van der Waals surface area contributed by atoms with Crippen LogP contribution in [0.2, 0.25) is 0 Å². The molecule has 3 rings (SSSR count). The molecule has 3 aromatic rings. The number of ether oxygens (including phenoxy) is 1. The van der Waals surface area contributed by atoms with Gasteiger partial charge in [0.1, 0.15) is 5.75 Å². The van der Waals surface area contributed by atoms with Gasteiger partial charge in [-0.3, -0.25) is 0 Å². The SMILES string of the molecule is O=C(O)COc1ccc(SCC=C(c2ccc(Br)cc2)c2ccc(Br)cc2)c(I)c1. The van der Waals surface area contributed by atoms with Gasteiger partial charge in [-0.2, -0.15) is 0 Å². The van der Waals surface area contributed by atoms with Crippen molar-refractivity contribution in [3.8, 4) is 5.75 Å². The van der Waals surface area contributed by atoms with Crippen LogP contribution < -0.4 is 4.74 Å². The molecule has 0 aromatic heterocycles. The Hall–Kier alpha value is -1.29. The lowest BCUT2D eigenvalue weighted by Gasteiger charge is -2.11. The van der Waals surface area contributed by atoms with Crippen LogP contribution in [0.15, 0.2) is 86.6 Å². The van der Waals surface area contributed by atoms with Gasteiger partial charge in [0.2, 0.25) is 0 Å². The number of carboxylic acid groups (broad SMARTS) is 1. The summed E-state index contributed by atoms with van der Waals surface area (Å²) in [5.74, 6) is 0.376. The molecule has 0 saturated carbocycles. The number of hydrogen-bond acceptors (Lipinski definition) is 3. The molecule has 0 aliphatic rings. The fourth-order valence-corrected chi connectivity index (χ4v) is 4.98. The van der Waals surface area contributed by atoms with E-state index in [0.717, 1.165) is 34.3 Å². The highest BCUT2D eigenvalue weighted by Crippen LogP contribution is 2.31. The lowest BCUT2D eigenvalue weighted by molar-refractivity contribution is -0.139. The molecule has 0 saturated heterocycles. The second-order valence-corrected chi connectivity index (χ2v) is 10.3. The van der Waals surface area contributed by atoms with E-state index >= 15 is 0 Å². The van der Waals surface area contributed by atoms with E-state index in [4.69, 9.17) is 9.84 Å². The third-order valence-electron chi connectivity index (χ3n) is 4.10. The maximum Gasteiger partial charge on any atom is 0.341 e. The number of rotatable bonds is 8. The third kappa shape index (κ3) is 6.87. The third-order valence-corrected chi connectivity index (χ3v) is 7.42. The molecule has 7 heteroatoms. The number of aliphatic carboxylic acids is 1. The zero-order valence-corrected chi connectivity index (χ0v) is 21.8. The Bertz CT molecular complexity index is 1000. The minimum Gasteiger partial charge on any atom is -0.482 e. The molecule has 0 atom stereocenters. The Morgan fingerprint density at radius 2 is 1.53 bits per heavy atom. The molecule has 1 N–H and O–H groups in total. The van der Waals surface area contributed by atoms with Crippen LogP contribution in [0.1, 0.15) is 11.1 Å². The van der Waals surface area contributed by atoms with Gasteiger partial charge in [-0.05, 0) is 81.8 Å². The van der Waals surface area contributed by atoms with Crippen LogP contribution in [-0.4, -0.2) is 23.4 Å². The van der Waals surface area contributed by atoms with Gasteiger partial charge in [-0.25, -0.2) is 4.79 Å². The summed E-state index contributed by atoms with van der Waals surface area (Å²) >= 11 is 11.0. The average molecular weight is 660 g/mol. The van der Waals surface area contributed by atoms with Gasteiger partial charge in [0, 0.05) is 23.2 Å². The highest BCUT2D eigenvalue weighted by atomic mass is 127. The van der Waals surface area contributed by atoms with Crippen LogP contribution in [-0.2, 0) is 4.79 Å². The van der Waals surface area contributed by atoms with Gasteiger partial charge in [0.15, 0.2) is 6.61 Å². The first-order chi connectivity index (χ1) is 14.4. The average Bonchev–Trinajstić information content (AvgIpc) is 2.72. The number of carboxylic acids is 1. The lowest BCUT2D eigenvalue weighted by atomic mass is 9.98. The topological polar surface area (TPSA) is 46.5 Å². The van der Waals surface area contributed by atoms with Crippen molar-refractivity contribution in [2.75, 3.05) is 12.4 Å². The molecule has 0 bridgehead atoms. The van der Waals surface area contributed by atoms with Crippen molar-refractivity contribution in [2.24, 2.45) is 0 Å². The maximum absolute atomic E-state index is 10.7. The number of thioether (sulfide) groups is 1. The Morgan fingerprint density at radius 1 is 0.967 bits per heavy atom. The quantitative estimate of drug-likeness (QED) is 0.201. The van der Waals surface area contributed by atoms with E-state index in [-0.39, 0.29) is 6.61 Å². The highest BCUT2D eigenvalue weighted by Gasteiger charge is 2.08. The largest absolute Gasteiger partial charge is 0.482 e. The van der Waals surface area contributed by atoms with Crippen molar-refractivity contribution in [3.05, 3.63) is 96.4 Å². The summed E-state index contributed by atoms with van der Waals surface area (Å²) in [5.41, 5.74) is 3.50. The van der Waals surface area contributed by atoms with E-state index in [1.807, 2.05) is 42.5 Å². The minimum absolute atomic E-state index is 0.338. The van der Waals surface area contributed by atoms with Crippen molar-refractivity contribution >= 4 is 77.8 Å². The number of benzene rings is 3. The second kappa shape index (κ2) is 11.4. The molecule has 0 radical (unpaired) electrons. The van der Waals surface area contributed by atoms with E-state index in [2.05, 4.69) is 84.8 Å². The standard InChI is InChI=1S/C23H17Br2IO3S/c24-17-5-1-15(2-6-17)20(16-3-7-18(25)8-4-16)11-12-30-22-10-9-19(13-21(22)26)29-14-23(27)28/h1-11,13H,12,14H2,(H,27,28). The minimum atomic E-state index is -0.984. The second-order valence-electron chi connectivity index (χ2n) is 6.22. The van der Waals surface area contributed by atoms with Crippen LogP contribution in [0.25, 0.3) is 5.57 Å². The molecule has 0 unspecified atom stereocenters. The molecule has 0 spiro atoms. The van der Waals surface area contributed by atoms with Crippen molar-refractivity contribution in [1.29, 1.82) is 0 Å². The number of hydrogen-bond donors (Lipinski definition) is 1. The molecule has 0 amide bonds. The summed E-state index contributed by atoms with van der Waals surface area (Å²) in [7, 11) is 0. The van der Waals surface area contributed by atoms with E-state index in [9.17, 15) is 4.79 Å². The first-order valence-corrected chi connectivity index (χ1v) is 12.6. The molecule has 0 heterocycles. The number of carbonyl (C=O) groups is 1. The van der Waals surface area contributed by atoms with E-state index in [1.54, 1.807) is 11.8 Å². The Kier molecular flexibility index (Phi) is 8.85. The van der Waals surface area contributed by atoms with Gasteiger partial charge in [-0.15, -0.1) is 11.8 Å². The Balaban J connectivity index is 1.78. The van der Waals surface area contributed by atoms with Gasteiger partial charge < -0.3 is 9.84 Å². The molecule has 0 fully saturated rings. The van der Waals surface area contributed by atoms with E-state index in [0.29, 0.717) is 5.75 Å². The summed E-state index contributed by atoms with van der Waals surface area (Å²) in [6, 6.07) is 22.3. The van der Waals surface area contributed by atoms with Gasteiger partial charge in [-0.1, -0.05) is 62.2 Å². The van der Waals surface area contributed by atoms with Crippen molar-refractivity contribution < 1.29 is 14.6 Å². The first-order valence-electron chi connectivity index (χ1n) is 8.91. The van der Waals surface area contributed by atoms with E-state index < -0.39 is 5.97 Å². The highest BCUT2D eigenvalue weighted by molar-refractivity contribution is 14.1. The van der Waals surface area contributed by atoms with Gasteiger partial charge >= 0.3 is 5.97 Å².